The number of aliphatic hydroxyl groups is 1. The predicted molar refractivity (Wildman–Crippen MR) is 118 cm³/mol. The minimum atomic E-state index is -0.255. The van der Waals surface area contributed by atoms with Gasteiger partial charge in [0.05, 0.1) is 23.2 Å². The van der Waals surface area contributed by atoms with Crippen LogP contribution in [-0.4, -0.2) is 39.9 Å². The van der Waals surface area contributed by atoms with E-state index in [1.54, 1.807) is 24.3 Å². The lowest BCUT2D eigenvalue weighted by atomic mass is 9.96. The van der Waals surface area contributed by atoms with E-state index in [9.17, 15) is 9.59 Å². The van der Waals surface area contributed by atoms with Crippen molar-refractivity contribution >= 4 is 39.1 Å². The Balaban J connectivity index is 1.49. The van der Waals surface area contributed by atoms with Crippen LogP contribution in [0.2, 0.25) is 0 Å². The van der Waals surface area contributed by atoms with Gasteiger partial charge in [-0.3, -0.25) is 14.3 Å². The molecule has 4 rings (SSSR count). The first kappa shape index (κ1) is 20.6. The van der Waals surface area contributed by atoms with Gasteiger partial charge in [0, 0.05) is 23.2 Å². The SMILES string of the molecule is Cc1nn(C2CCCCC2)c2sc(C(=O)Nc3ccc(C(=O)NCCO)cc3)cc12. The summed E-state index contributed by atoms with van der Waals surface area (Å²) in [4.78, 5) is 26.4. The Morgan fingerprint density at radius 2 is 1.90 bits per heavy atom. The number of aryl methyl sites for hydroxylation is 1. The number of carbonyl (C=O) groups is 2. The quantitative estimate of drug-likeness (QED) is 0.557. The summed E-state index contributed by atoms with van der Waals surface area (Å²) in [7, 11) is 0. The zero-order valence-corrected chi connectivity index (χ0v) is 17.8. The van der Waals surface area contributed by atoms with E-state index < -0.39 is 0 Å². The Morgan fingerprint density at radius 3 is 2.60 bits per heavy atom. The topological polar surface area (TPSA) is 96.2 Å². The molecule has 158 valence electrons. The van der Waals surface area contributed by atoms with Gasteiger partial charge in [0.2, 0.25) is 0 Å². The summed E-state index contributed by atoms with van der Waals surface area (Å²) in [5, 5.41) is 20.1. The van der Waals surface area contributed by atoms with Gasteiger partial charge in [0.1, 0.15) is 4.83 Å². The summed E-state index contributed by atoms with van der Waals surface area (Å²) >= 11 is 1.48. The molecule has 3 aromatic rings. The van der Waals surface area contributed by atoms with Crippen LogP contribution in [0.15, 0.2) is 30.3 Å². The van der Waals surface area contributed by atoms with Crippen LogP contribution in [0.3, 0.4) is 0 Å². The highest BCUT2D eigenvalue weighted by molar-refractivity contribution is 7.20. The second kappa shape index (κ2) is 8.97. The highest BCUT2D eigenvalue weighted by Gasteiger charge is 2.22. The molecule has 0 radical (unpaired) electrons. The van der Waals surface area contributed by atoms with Crippen molar-refractivity contribution < 1.29 is 14.7 Å². The number of aliphatic hydroxyl groups excluding tert-OH is 1. The third kappa shape index (κ3) is 4.24. The number of benzene rings is 1. The molecule has 0 spiro atoms. The van der Waals surface area contributed by atoms with Gasteiger partial charge in [-0.1, -0.05) is 19.3 Å². The van der Waals surface area contributed by atoms with Crippen LogP contribution in [0.25, 0.3) is 10.2 Å². The number of nitrogens with one attached hydrogen (secondary N) is 2. The van der Waals surface area contributed by atoms with Crippen LogP contribution in [0, 0.1) is 6.92 Å². The van der Waals surface area contributed by atoms with Crippen LogP contribution < -0.4 is 10.6 Å². The monoisotopic (exact) mass is 426 g/mol. The van der Waals surface area contributed by atoms with Crippen molar-refractivity contribution in [1.29, 1.82) is 0 Å². The molecule has 0 bridgehead atoms. The molecule has 1 fully saturated rings. The lowest BCUT2D eigenvalue weighted by molar-refractivity contribution is 0.0944. The standard InChI is InChI=1S/C22H26N4O3S/c1-14-18-13-19(30-22(18)26(25-14)17-5-3-2-4-6-17)21(29)24-16-9-7-15(8-10-16)20(28)23-11-12-27/h7-10,13,17,27H,2-6,11-12H2,1H3,(H,23,28)(H,24,29). The Labute approximate surface area is 179 Å². The summed E-state index contributed by atoms with van der Waals surface area (Å²) in [6, 6.07) is 9.06. The summed E-state index contributed by atoms with van der Waals surface area (Å²) in [5.74, 6) is -0.419. The molecule has 8 heteroatoms. The molecule has 30 heavy (non-hydrogen) atoms. The number of hydrogen-bond donors (Lipinski definition) is 3. The number of carbonyl (C=O) groups excluding carboxylic acids is 2. The average molecular weight is 427 g/mol. The zero-order chi connectivity index (χ0) is 21.1. The molecular weight excluding hydrogens is 400 g/mol. The predicted octanol–water partition coefficient (Wildman–Crippen LogP) is 3.89. The Hall–Kier alpha value is -2.71. The van der Waals surface area contributed by atoms with Crippen LogP contribution in [0.5, 0.6) is 0 Å². The van der Waals surface area contributed by atoms with E-state index in [0.29, 0.717) is 22.2 Å². The third-order valence-electron chi connectivity index (χ3n) is 5.51. The first-order chi connectivity index (χ1) is 14.6. The van der Waals surface area contributed by atoms with Gasteiger partial charge in [0.15, 0.2) is 0 Å². The molecule has 0 saturated heterocycles. The molecule has 7 nitrogen and oxygen atoms in total. The van der Waals surface area contributed by atoms with Gasteiger partial charge in [-0.25, -0.2) is 0 Å². The van der Waals surface area contributed by atoms with Gasteiger partial charge in [-0.05, 0) is 50.1 Å². The molecule has 2 heterocycles. The molecule has 2 amide bonds. The number of aromatic nitrogens is 2. The lowest BCUT2D eigenvalue weighted by Gasteiger charge is -2.22. The Morgan fingerprint density at radius 1 is 1.17 bits per heavy atom. The maximum absolute atomic E-state index is 12.8. The van der Waals surface area contributed by atoms with E-state index >= 15 is 0 Å². The summed E-state index contributed by atoms with van der Waals surface area (Å²) < 4.78 is 2.13. The largest absolute Gasteiger partial charge is 0.395 e. The van der Waals surface area contributed by atoms with Crippen LogP contribution >= 0.6 is 11.3 Å². The van der Waals surface area contributed by atoms with Gasteiger partial charge in [-0.15, -0.1) is 11.3 Å². The minimum absolute atomic E-state index is 0.104. The minimum Gasteiger partial charge on any atom is -0.395 e. The van der Waals surface area contributed by atoms with Gasteiger partial charge < -0.3 is 15.7 Å². The second-order valence-corrected chi connectivity index (χ2v) is 8.69. The number of thiophene rings is 1. The van der Waals surface area contributed by atoms with E-state index in [4.69, 9.17) is 10.2 Å². The number of hydrogen-bond acceptors (Lipinski definition) is 5. The molecule has 1 aromatic carbocycles. The van der Waals surface area contributed by atoms with Crippen LogP contribution in [0.1, 0.15) is 63.9 Å². The molecule has 0 unspecified atom stereocenters. The highest BCUT2D eigenvalue weighted by Crippen LogP contribution is 2.35. The fraction of sp³-hybridized carbons (Fsp3) is 0.409. The zero-order valence-electron chi connectivity index (χ0n) is 17.0. The summed E-state index contributed by atoms with van der Waals surface area (Å²) in [6.07, 6.45) is 6.05. The van der Waals surface area contributed by atoms with E-state index in [-0.39, 0.29) is 25.0 Å². The number of anilines is 1. The van der Waals surface area contributed by atoms with Gasteiger partial charge in [-0.2, -0.15) is 5.10 Å². The normalized spacial score (nSPS) is 14.7. The fourth-order valence-corrected chi connectivity index (χ4v) is 5.05. The van der Waals surface area contributed by atoms with Crippen molar-refractivity contribution in [3.63, 3.8) is 0 Å². The molecule has 1 saturated carbocycles. The molecule has 2 aromatic heterocycles. The van der Waals surface area contributed by atoms with Crippen molar-refractivity contribution in [2.45, 2.75) is 45.1 Å². The average Bonchev–Trinajstić information content (AvgIpc) is 3.34. The van der Waals surface area contributed by atoms with E-state index in [2.05, 4.69) is 15.3 Å². The summed E-state index contributed by atoms with van der Waals surface area (Å²) in [6.45, 7) is 2.10. The fourth-order valence-electron chi connectivity index (χ4n) is 3.93. The number of nitrogens with zero attached hydrogens (tertiary/aromatic N) is 2. The van der Waals surface area contributed by atoms with Crippen molar-refractivity contribution in [1.82, 2.24) is 15.1 Å². The van der Waals surface area contributed by atoms with E-state index in [1.807, 2.05) is 13.0 Å². The van der Waals surface area contributed by atoms with Crippen molar-refractivity contribution in [3.8, 4) is 0 Å². The molecule has 0 aliphatic heterocycles. The Bertz CT molecular complexity index is 1050. The van der Waals surface area contributed by atoms with E-state index in [1.165, 1.54) is 30.6 Å². The smallest absolute Gasteiger partial charge is 0.265 e. The van der Waals surface area contributed by atoms with Gasteiger partial charge >= 0.3 is 0 Å². The van der Waals surface area contributed by atoms with E-state index in [0.717, 1.165) is 28.8 Å². The van der Waals surface area contributed by atoms with Crippen molar-refractivity contribution in [3.05, 3.63) is 46.5 Å². The molecular formula is C22H26N4O3S. The summed E-state index contributed by atoms with van der Waals surface area (Å²) in [5.41, 5.74) is 2.07. The molecule has 0 atom stereocenters. The van der Waals surface area contributed by atoms with Crippen LogP contribution in [-0.2, 0) is 0 Å². The molecule has 1 aliphatic carbocycles. The first-order valence-corrected chi connectivity index (χ1v) is 11.2. The second-order valence-electron chi connectivity index (χ2n) is 7.66. The maximum atomic E-state index is 12.8. The number of rotatable bonds is 6. The molecule has 1 aliphatic rings. The molecule has 3 N–H and O–H groups in total. The first-order valence-electron chi connectivity index (χ1n) is 10.4. The lowest BCUT2D eigenvalue weighted by Crippen LogP contribution is -2.26. The van der Waals surface area contributed by atoms with Gasteiger partial charge in [0.25, 0.3) is 11.8 Å². The van der Waals surface area contributed by atoms with Crippen molar-refractivity contribution in [2.24, 2.45) is 0 Å². The number of fused-ring (bicyclic) bond motifs is 1. The Kier molecular flexibility index (Phi) is 6.15. The van der Waals surface area contributed by atoms with Crippen molar-refractivity contribution in [2.75, 3.05) is 18.5 Å². The highest BCUT2D eigenvalue weighted by atomic mass is 32.1. The van der Waals surface area contributed by atoms with Crippen LogP contribution in [0.4, 0.5) is 5.69 Å². The maximum Gasteiger partial charge on any atom is 0.265 e. The number of amides is 2. The third-order valence-corrected chi connectivity index (χ3v) is 6.64.